The van der Waals surface area contributed by atoms with Crippen LogP contribution < -0.4 is 0 Å². The number of aromatic nitrogens is 2. The minimum Gasteiger partial charge on any atom is -0.270 e. The van der Waals surface area contributed by atoms with E-state index in [4.69, 9.17) is 11.6 Å². The van der Waals surface area contributed by atoms with Gasteiger partial charge in [-0.15, -0.1) is 11.6 Å². The molecule has 0 N–H and O–H groups in total. The molecule has 0 radical (unpaired) electrons. The van der Waals surface area contributed by atoms with Crippen LogP contribution in [0.2, 0.25) is 0 Å². The summed E-state index contributed by atoms with van der Waals surface area (Å²) in [5, 5.41) is 4.61. The standard InChI is InChI=1S/C16H21ClN2/c1-12(2)19-9-8-15(18-19)10-14(11-17)16-7-5-4-6-13(16)3/h4-9,12,14H,10-11H2,1-3H3. The van der Waals surface area contributed by atoms with Crippen LogP contribution in [0, 0.1) is 6.92 Å². The maximum Gasteiger partial charge on any atom is 0.0631 e. The molecule has 1 unspecified atom stereocenters. The highest BCUT2D eigenvalue weighted by Crippen LogP contribution is 2.24. The van der Waals surface area contributed by atoms with E-state index in [0.717, 1.165) is 12.1 Å². The first-order valence-electron chi connectivity index (χ1n) is 6.77. The van der Waals surface area contributed by atoms with Gasteiger partial charge in [0.2, 0.25) is 0 Å². The Hall–Kier alpha value is -1.28. The van der Waals surface area contributed by atoms with Gasteiger partial charge in [0.05, 0.1) is 5.69 Å². The SMILES string of the molecule is Cc1ccccc1C(CCl)Cc1ccn(C(C)C)n1. The van der Waals surface area contributed by atoms with Crippen LogP contribution >= 0.6 is 11.6 Å². The lowest BCUT2D eigenvalue weighted by molar-refractivity contribution is 0.523. The average molecular weight is 277 g/mol. The Morgan fingerprint density at radius 2 is 1.95 bits per heavy atom. The fourth-order valence-corrected chi connectivity index (χ4v) is 2.59. The summed E-state index contributed by atoms with van der Waals surface area (Å²) in [5.41, 5.74) is 3.75. The van der Waals surface area contributed by atoms with Crippen LogP contribution in [0.4, 0.5) is 0 Å². The Morgan fingerprint density at radius 1 is 1.21 bits per heavy atom. The minimum absolute atomic E-state index is 0.332. The Kier molecular flexibility index (Phi) is 4.65. The fraction of sp³-hybridized carbons (Fsp3) is 0.438. The Morgan fingerprint density at radius 3 is 2.53 bits per heavy atom. The predicted octanol–water partition coefficient (Wildman–Crippen LogP) is 4.34. The lowest BCUT2D eigenvalue weighted by Crippen LogP contribution is -2.08. The second kappa shape index (κ2) is 6.25. The van der Waals surface area contributed by atoms with Crippen molar-refractivity contribution >= 4 is 11.6 Å². The molecular formula is C16H21ClN2. The highest BCUT2D eigenvalue weighted by atomic mass is 35.5. The molecule has 0 saturated heterocycles. The van der Waals surface area contributed by atoms with Crippen LogP contribution in [-0.2, 0) is 6.42 Å². The van der Waals surface area contributed by atoms with Gasteiger partial charge in [-0.3, -0.25) is 4.68 Å². The Balaban J connectivity index is 2.17. The summed E-state index contributed by atoms with van der Waals surface area (Å²) in [5.74, 6) is 0.956. The third-order valence-corrected chi connectivity index (χ3v) is 3.84. The van der Waals surface area contributed by atoms with Crippen LogP contribution in [0.1, 0.15) is 42.6 Å². The number of alkyl halides is 1. The van der Waals surface area contributed by atoms with E-state index >= 15 is 0 Å². The van der Waals surface area contributed by atoms with Gasteiger partial charge in [0, 0.05) is 24.0 Å². The zero-order valence-corrected chi connectivity index (χ0v) is 12.6. The van der Waals surface area contributed by atoms with Crippen LogP contribution in [-0.4, -0.2) is 15.7 Å². The van der Waals surface area contributed by atoms with Gasteiger partial charge in [-0.1, -0.05) is 24.3 Å². The van der Waals surface area contributed by atoms with Crippen molar-refractivity contribution in [2.45, 2.75) is 39.2 Å². The molecule has 1 atom stereocenters. The van der Waals surface area contributed by atoms with E-state index in [1.165, 1.54) is 11.1 Å². The van der Waals surface area contributed by atoms with Crippen molar-refractivity contribution in [3.8, 4) is 0 Å². The summed E-state index contributed by atoms with van der Waals surface area (Å²) in [6, 6.07) is 11.0. The smallest absolute Gasteiger partial charge is 0.0631 e. The summed E-state index contributed by atoms with van der Waals surface area (Å²) in [7, 11) is 0. The molecule has 0 aliphatic carbocycles. The molecule has 1 aromatic carbocycles. The molecule has 0 fully saturated rings. The normalized spacial score (nSPS) is 12.9. The van der Waals surface area contributed by atoms with Crippen molar-refractivity contribution in [2.75, 3.05) is 5.88 Å². The second-order valence-electron chi connectivity index (χ2n) is 5.29. The molecule has 19 heavy (non-hydrogen) atoms. The van der Waals surface area contributed by atoms with E-state index in [0.29, 0.717) is 17.8 Å². The van der Waals surface area contributed by atoms with Crippen molar-refractivity contribution in [3.63, 3.8) is 0 Å². The van der Waals surface area contributed by atoms with Gasteiger partial charge >= 0.3 is 0 Å². The molecule has 0 aliphatic rings. The van der Waals surface area contributed by atoms with Gasteiger partial charge in [-0.25, -0.2) is 0 Å². The molecule has 0 aliphatic heterocycles. The van der Waals surface area contributed by atoms with Crippen LogP contribution in [0.15, 0.2) is 36.5 Å². The van der Waals surface area contributed by atoms with Gasteiger partial charge in [0.25, 0.3) is 0 Å². The van der Waals surface area contributed by atoms with Crippen LogP contribution in [0.5, 0.6) is 0 Å². The van der Waals surface area contributed by atoms with Gasteiger partial charge < -0.3 is 0 Å². The molecule has 0 amide bonds. The lowest BCUT2D eigenvalue weighted by atomic mass is 9.92. The molecule has 0 bridgehead atoms. The van der Waals surface area contributed by atoms with E-state index in [1.807, 2.05) is 10.9 Å². The summed E-state index contributed by atoms with van der Waals surface area (Å²) in [6.07, 6.45) is 2.94. The maximum atomic E-state index is 6.16. The quantitative estimate of drug-likeness (QED) is 0.743. The van der Waals surface area contributed by atoms with E-state index in [2.05, 4.69) is 56.2 Å². The van der Waals surface area contributed by atoms with Crippen LogP contribution in [0.25, 0.3) is 0 Å². The second-order valence-corrected chi connectivity index (χ2v) is 5.60. The first-order chi connectivity index (χ1) is 9.11. The van der Waals surface area contributed by atoms with Crippen molar-refractivity contribution in [1.29, 1.82) is 0 Å². The van der Waals surface area contributed by atoms with E-state index < -0.39 is 0 Å². The monoisotopic (exact) mass is 276 g/mol. The van der Waals surface area contributed by atoms with Crippen molar-refractivity contribution in [3.05, 3.63) is 53.3 Å². The molecule has 2 aromatic rings. The van der Waals surface area contributed by atoms with Gasteiger partial charge in [0.15, 0.2) is 0 Å². The lowest BCUT2D eigenvalue weighted by Gasteiger charge is -2.15. The maximum absolute atomic E-state index is 6.16. The number of halogens is 1. The summed E-state index contributed by atoms with van der Waals surface area (Å²) in [4.78, 5) is 0. The number of hydrogen-bond donors (Lipinski definition) is 0. The Bertz CT molecular complexity index is 531. The molecule has 1 heterocycles. The summed E-state index contributed by atoms with van der Waals surface area (Å²) >= 11 is 6.16. The van der Waals surface area contributed by atoms with Gasteiger partial charge in [0.1, 0.15) is 0 Å². The van der Waals surface area contributed by atoms with Crippen molar-refractivity contribution < 1.29 is 0 Å². The van der Waals surface area contributed by atoms with E-state index in [9.17, 15) is 0 Å². The molecule has 2 nitrogen and oxygen atoms in total. The largest absolute Gasteiger partial charge is 0.270 e. The molecule has 0 saturated carbocycles. The molecule has 2 rings (SSSR count). The average Bonchev–Trinajstić information content (AvgIpc) is 2.86. The van der Waals surface area contributed by atoms with Crippen molar-refractivity contribution in [2.24, 2.45) is 0 Å². The zero-order chi connectivity index (χ0) is 13.8. The first kappa shape index (κ1) is 14.1. The third-order valence-electron chi connectivity index (χ3n) is 3.46. The first-order valence-corrected chi connectivity index (χ1v) is 7.30. The van der Waals surface area contributed by atoms with Gasteiger partial charge in [-0.05, 0) is 44.4 Å². The fourth-order valence-electron chi connectivity index (χ4n) is 2.32. The predicted molar refractivity (Wildman–Crippen MR) is 81.0 cm³/mol. The number of aryl methyl sites for hydroxylation is 1. The van der Waals surface area contributed by atoms with E-state index in [1.54, 1.807) is 0 Å². The summed E-state index contributed by atoms with van der Waals surface area (Å²) < 4.78 is 2.00. The van der Waals surface area contributed by atoms with Gasteiger partial charge in [-0.2, -0.15) is 5.10 Å². The molecule has 3 heteroatoms. The van der Waals surface area contributed by atoms with Crippen LogP contribution in [0.3, 0.4) is 0 Å². The molecule has 1 aromatic heterocycles. The van der Waals surface area contributed by atoms with E-state index in [-0.39, 0.29) is 0 Å². The topological polar surface area (TPSA) is 17.8 Å². The zero-order valence-electron chi connectivity index (χ0n) is 11.8. The molecule has 0 spiro atoms. The third kappa shape index (κ3) is 3.38. The number of benzene rings is 1. The Labute approximate surface area is 120 Å². The number of hydrogen-bond acceptors (Lipinski definition) is 1. The number of nitrogens with zero attached hydrogens (tertiary/aromatic N) is 2. The summed E-state index contributed by atoms with van der Waals surface area (Å²) in [6.45, 7) is 6.41. The molecule has 102 valence electrons. The highest BCUT2D eigenvalue weighted by molar-refractivity contribution is 6.18. The molecular weight excluding hydrogens is 256 g/mol. The highest BCUT2D eigenvalue weighted by Gasteiger charge is 2.15. The minimum atomic E-state index is 0.332. The number of rotatable bonds is 5. The van der Waals surface area contributed by atoms with Crippen molar-refractivity contribution in [1.82, 2.24) is 9.78 Å².